The first-order valence-corrected chi connectivity index (χ1v) is 30.2. The summed E-state index contributed by atoms with van der Waals surface area (Å²) in [6, 6.07) is 91.6. The third-order valence-corrected chi connectivity index (χ3v) is 22.5. The molecular weight excluding hydrogens is 977 g/mol. The van der Waals surface area contributed by atoms with E-state index in [0.717, 1.165) is 57.0 Å². The minimum Gasteiger partial charge on any atom is -0.457 e. The molecule has 378 valence electrons. The number of rotatable bonds is 8. The van der Waals surface area contributed by atoms with Gasteiger partial charge in [-0.2, -0.15) is 0 Å². The van der Waals surface area contributed by atoms with E-state index in [2.05, 4.69) is 303 Å². The summed E-state index contributed by atoms with van der Waals surface area (Å²) in [6.45, 7) is 12.4. The summed E-state index contributed by atoms with van der Waals surface area (Å²) in [5.74, 6) is 2.06. The highest BCUT2D eigenvalue weighted by Gasteiger charge is 2.59. The van der Waals surface area contributed by atoms with Gasteiger partial charge in [0, 0.05) is 89.2 Å². The van der Waals surface area contributed by atoms with E-state index >= 15 is 0 Å². The zero-order valence-corrected chi connectivity index (χ0v) is 45.9. The van der Waals surface area contributed by atoms with Crippen LogP contribution in [0.1, 0.15) is 49.9 Å². The van der Waals surface area contributed by atoms with Gasteiger partial charge in [-0.15, -0.1) is 0 Å². The van der Waals surface area contributed by atoms with Crippen LogP contribution in [0, 0.1) is 0 Å². The molecule has 5 nitrogen and oxygen atoms in total. The van der Waals surface area contributed by atoms with Gasteiger partial charge in [0.1, 0.15) is 11.5 Å². The smallest absolute Gasteiger partial charge is 0.165 e. The van der Waals surface area contributed by atoms with Gasteiger partial charge in [0.25, 0.3) is 0 Å². The lowest BCUT2D eigenvalue weighted by molar-refractivity contribution is 0.454. The van der Waals surface area contributed by atoms with Crippen molar-refractivity contribution >= 4 is 91.9 Å². The lowest BCUT2D eigenvalue weighted by atomic mass is 9.80. The Hall–Kier alpha value is -9.36. The Morgan fingerprint density at radius 2 is 0.671 bits per heavy atom. The topological polar surface area (TPSA) is 22.2 Å². The number of ether oxygens (including phenoxy) is 1. The van der Waals surface area contributed by atoms with Gasteiger partial charge >= 0.3 is 0 Å². The molecule has 2 aliphatic carbocycles. The van der Waals surface area contributed by atoms with Crippen LogP contribution in [0.15, 0.2) is 249 Å². The molecule has 0 N–H and O–H groups in total. The van der Waals surface area contributed by atoms with Gasteiger partial charge in [0.15, 0.2) is 8.07 Å². The minimum atomic E-state index is -3.03. The number of hydrogen-bond acceptors (Lipinski definition) is 5. The lowest BCUT2D eigenvalue weighted by Gasteiger charge is -2.53. The summed E-state index contributed by atoms with van der Waals surface area (Å²) >= 11 is 0. The van der Waals surface area contributed by atoms with Crippen LogP contribution in [-0.2, 0) is 10.8 Å². The van der Waals surface area contributed by atoms with Gasteiger partial charge in [-0.1, -0.05) is 162 Å². The van der Waals surface area contributed by atoms with Crippen molar-refractivity contribution in [3.8, 4) is 33.8 Å². The predicted octanol–water partition coefficient (Wildman–Crippen LogP) is 18.0. The highest BCUT2D eigenvalue weighted by Crippen LogP contribution is 2.63. The second-order valence-corrected chi connectivity index (χ2v) is 26.8. The van der Waals surface area contributed by atoms with Crippen LogP contribution < -0.4 is 39.9 Å². The van der Waals surface area contributed by atoms with E-state index in [9.17, 15) is 0 Å². The Labute approximate surface area is 463 Å². The predicted molar refractivity (Wildman–Crippen MR) is 331 cm³/mol. The SMILES string of the molecule is CC1(C)c2cc(N(c3ccccc3)c3ccccc3)ccc2-c2cc3c4c(c21)Oc1c2c(cc5c1[Si]4(C)c1c(cccc1N5c1ccccc1)N3c1ccccc1)-c1ccc(N(c3ccccc3)c3ccccc3)cc1C2(C)C. The number of nitrogens with zero attached hydrogens (tertiary/aromatic N) is 4. The van der Waals surface area contributed by atoms with Crippen LogP contribution in [-0.4, -0.2) is 8.07 Å². The van der Waals surface area contributed by atoms with Crippen LogP contribution in [0.2, 0.25) is 6.55 Å². The van der Waals surface area contributed by atoms with Crippen molar-refractivity contribution in [3.63, 3.8) is 0 Å². The molecule has 11 aromatic carbocycles. The highest BCUT2D eigenvalue weighted by atomic mass is 28.3. The molecule has 0 aromatic heterocycles. The van der Waals surface area contributed by atoms with Crippen molar-refractivity contribution < 1.29 is 4.74 Å². The Morgan fingerprint density at radius 1 is 0.329 bits per heavy atom. The molecule has 5 aliphatic rings. The largest absolute Gasteiger partial charge is 0.457 e. The van der Waals surface area contributed by atoms with Crippen molar-refractivity contribution in [1.82, 2.24) is 0 Å². The quantitative estimate of drug-likeness (QED) is 0.141. The molecule has 6 heteroatoms. The average Bonchev–Trinajstić information content (AvgIpc) is 4.04. The number of benzene rings is 11. The lowest BCUT2D eigenvalue weighted by Crippen LogP contribution is -2.73. The van der Waals surface area contributed by atoms with Crippen LogP contribution in [0.5, 0.6) is 11.5 Å². The fourth-order valence-electron chi connectivity index (χ4n) is 14.7. The molecule has 0 saturated carbocycles. The van der Waals surface area contributed by atoms with Gasteiger partial charge in [0.2, 0.25) is 0 Å². The first-order chi connectivity index (χ1) is 38.6. The minimum absolute atomic E-state index is 0.443. The van der Waals surface area contributed by atoms with E-state index in [0.29, 0.717) is 0 Å². The van der Waals surface area contributed by atoms with Crippen LogP contribution >= 0.6 is 0 Å². The molecule has 0 atom stereocenters. The van der Waals surface area contributed by atoms with Crippen molar-refractivity contribution in [1.29, 1.82) is 0 Å². The Morgan fingerprint density at radius 3 is 1.03 bits per heavy atom. The fraction of sp³-hybridized carbons (Fsp3) is 0.0959. The first kappa shape index (κ1) is 45.8. The first-order valence-electron chi connectivity index (χ1n) is 27.7. The molecule has 0 bridgehead atoms. The van der Waals surface area contributed by atoms with Gasteiger partial charge in [-0.05, 0) is 160 Å². The monoisotopic (exact) mass is 1030 g/mol. The molecule has 0 spiro atoms. The Kier molecular flexibility index (Phi) is 9.61. The summed E-state index contributed by atoms with van der Waals surface area (Å²) in [6.07, 6.45) is 0. The van der Waals surface area contributed by atoms with E-state index in [1.807, 2.05) is 0 Å². The van der Waals surface area contributed by atoms with E-state index in [1.54, 1.807) is 0 Å². The van der Waals surface area contributed by atoms with Gasteiger partial charge < -0.3 is 24.3 Å². The fourth-order valence-corrected chi connectivity index (χ4v) is 19.5. The Bertz CT molecular complexity index is 3950. The molecular formula is C73H56N4OSi. The third-order valence-electron chi connectivity index (χ3n) is 18.0. The number of hydrogen-bond donors (Lipinski definition) is 0. The van der Waals surface area contributed by atoms with Crippen molar-refractivity contribution in [2.75, 3.05) is 19.6 Å². The summed E-state index contributed by atoms with van der Waals surface area (Å²) in [5.41, 5.74) is 23.1. The third kappa shape index (κ3) is 6.26. The van der Waals surface area contributed by atoms with Crippen LogP contribution in [0.3, 0.4) is 0 Å². The maximum Gasteiger partial charge on any atom is 0.165 e. The zero-order chi connectivity index (χ0) is 52.9. The van der Waals surface area contributed by atoms with Crippen molar-refractivity contribution in [3.05, 3.63) is 271 Å². The van der Waals surface area contributed by atoms with E-state index in [4.69, 9.17) is 4.74 Å². The molecule has 0 amide bonds. The normalized spacial score (nSPS) is 15.3. The molecule has 3 heterocycles. The zero-order valence-electron chi connectivity index (χ0n) is 44.9. The summed E-state index contributed by atoms with van der Waals surface area (Å²) in [5, 5.41) is 4.12. The maximum absolute atomic E-state index is 8.30. The van der Waals surface area contributed by atoms with Crippen molar-refractivity contribution in [2.45, 2.75) is 45.1 Å². The van der Waals surface area contributed by atoms with E-state index < -0.39 is 18.9 Å². The van der Waals surface area contributed by atoms with E-state index in [-0.39, 0.29) is 0 Å². The molecule has 79 heavy (non-hydrogen) atoms. The second kappa shape index (κ2) is 16.6. The second-order valence-electron chi connectivity index (χ2n) is 23.0. The number of anilines is 12. The molecule has 0 unspecified atom stereocenters. The summed E-state index contributed by atoms with van der Waals surface area (Å²) < 4.78 is 8.30. The maximum atomic E-state index is 8.30. The molecule has 0 radical (unpaired) electrons. The number of fused-ring (bicyclic) bond motifs is 8. The standard InChI is InChI=1S/C73H56N4OSi/c1-72(2)59-43-53(74(47-25-12-6-13-26-47)48-27-14-7-15-28-48)39-41-55(59)57-45-63-70-67(65(57)72)78-68-66-58(56-42-40-54(44-60(56)73(66,3)4)75(49-29-16-8-17-30-49)50-31-18-9-19-32-50)46-64-71(68)79(70,5)69-61(76(63)51-33-20-10-21-34-51)37-24-38-62(69)77(64)52-35-22-11-23-36-52/h6-46H,1-5H3. The highest BCUT2D eigenvalue weighted by molar-refractivity contribution is 7.15. The number of para-hydroxylation sites is 6. The molecule has 0 fully saturated rings. The average molecular weight is 1030 g/mol. The molecule has 11 aromatic rings. The van der Waals surface area contributed by atoms with Crippen LogP contribution in [0.4, 0.5) is 68.2 Å². The Balaban J connectivity index is 0.974. The summed E-state index contributed by atoms with van der Waals surface area (Å²) in [7, 11) is -3.03. The van der Waals surface area contributed by atoms with Crippen molar-refractivity contribution in [2.24, 2.45) is 0 Å². The van der Waals surface area contributed by atoms with Gasteiger partial charge in [-0.25, -0.2) is 0 Å². The van der Waals surface area contributed by atoms with Gasteiger partial charge in [0.05, 0.1) is 11.4 Å². The van der Waals surface area contributed by atoms with Gasteiger partial charge in [-0.3, -0.25) is 0 Å². The summed E-state index contributed by atoms with van der Waals surface area (Å²) in [4.78, 5) is 9.89. The molecule has 16 rings (SSSR count). The van der Waals surface area contributed by atoms with Crippen LogP contribution in [0.25, 0.3) is 22.3 Å². The van der Waals surface area contributed by atoms with E-state index in [1.165, 1.54) is 82.8 Å². The molecule has 3 aliphatic heterocycles. The molecule has 0 saturated heterocycles.